The van der Waals surface area contributed by atoms with E-state index in [0.717, 1.165) is 17.0 Å². The maximum Gasteiger partial charge on any atom is 0.270 e. The van der Waals surface area contributed by atoms with Gasteiger partial charge in [-0.2, -0.15) is 0 Å². The number of nitrogens with one attached hydrogen (secondary N) is 2. The Morgan fingerprint density at radius 2 is 1.74 bits per heavy atom. The van der Waals surface area contributed by atoms with Crippen LogP contribution in [0.2, 0.25) is 0 Å². The molecule has 0 bridgehead atoms. The molecule has 0 spiro atoms. The summed E-state index contributed by atoms with van der Waals surface area (Å²) in [5, 5.41) is 15.8. The molecule has 0 saturated carbocycles. The number of nitro groups is 1. The van der Waals surface area contributed by atoms with Gasteiger partial charge in [0.05, 0.1) is 22.7 Å². The minimum Gasteiger partial charge on any atom is -0.384 e. The SMILES string of the molecule is COCCC(=O)NCCNC(=O)CN1C(=O)c2ccc([N+](=O)[O-])cc2C1=O. The smallest absolute Gasteiger partial charge is 0.270 e. The lowest BCUT2D eigenvalue weighted by Gasteiger charge is -2.13. The number of nitro benzene ring substituents is 1. The summed E-state index contributed by atoms with van der Waals surface area (Å²) in [6, 6.07) is 3.34. The van der Waals surface area contributed by atoms with Gasteiger partial charge in [0.15, 0.2) is 0 Å². The molecule has 2 N–H and O–H groups in total. The molecule has 0 aromatic heterocycles. The summed E-state index contributed by atoms with van der Waals surface area (Å²) in [7, 11) is 1.48. The highest BCUT2D eigenvalue weighted by Crippen LogP contribution is 2.26. The Hall–Kier alpha value is -3.34. The molecular weight excluding hydrogens is 360 g/mol. The Balaban J connectivity index is 1.86. The predicted octanol–water partition coefficient (Wildman–Crippen LogP) is -0.540. The number of rotatable bonds is 9. The van der Waals surface area contributed by atoms with Gasteiger partial charge in [-0.05, 0) is 6.07 Å². The Kier molecular flexibility index (Phi) is 6.55. The molecule has 0 fully saturated rings. The predicted molar refractivity (Wildman–Crippen MR) is 91.0 cm³/mol. The molecule has 0 unspecified atom stereocenters. The molecule has 1 aromatic rings. The fourth-order valence-electron chi connectivity index (χ4n) is 2.42. The van der Waals surface area contributed by atoms with Crippen LogP contribution in [0, 0.1) is 10.1 Å². The molecule has 2 rings (SSSR count). The van der Waals surface area contributed by atoms with Crippen LogP contribution in [-0.2, 0) is 14.3 Å². The maximum absolute atomic E-state index is 12.3. The quantitative estimate of drug-likeness (QED) is 0.254. The first-order valence-corrected chi connectivity index (χ1v) is 8.02. The van der Waals surface area contributed by atoms with Crippen LogP contribution in [0.3, 0.4) is 0 Å². The first-order valence-electron chi connectivity index (χ1n) is 8.02. The summed E-state index contributed by atoms with van der Waals surface area (Å²) >= 11 is 0. The third-order valence-corrected chi connectivity index (χ3v) is 3.77. The summed E-state index contributed by atoms with van der Waals surface area (Å²) < 4.78 is 4.76. The number of carbonyl (C=O) groups is 4. The van der Waals surface area contributed by atoms with E-state index in [4.69, 9.17) is 4.74 Å². The Bertz CT molecular complexity index is 793. The van der Waals surface area contributed by atoms with Gasteiger partial charge >= 0.3 is 0 Å². The van der Waals surface area contributed by atoms with Crippen LogP contribution in [-0.4, -0.2) is 66.8 Å². The van der Waals surface area contributed by atoms with E-state index < -0.39 is 29.2 Å². The van der Waals surface area contributed by atoms with Crippen molar-refractivity contribution >= 4 is 29.3 Å². The average molecular weight is 378 g/mol. The molecule has 0 radical (unpaired) electrons. The van der Waals surface area contributed by atoms with Gasteiger partial charge in [0.25, 0.3) is 17.5 Å². The van der Waals surface area contributed by atoms with Crippen molar-refractivity contribution in [1.29, 1.82) is 0 Å². The maximum atomic E-state index is 12.3. The van der Waals surface area contributed by atoms with Crippen LogP contribution in [0.15, 0.2) is 18.2 Å². The van der Waals surface area contributed by atoms with E-state index in [-0.39, 0.29) is 48.8 Å². The number of benzene rings is 1. The van der Waals surface area contributed by atoms with Crippen molar-refractivity contribution in [3.05, 3.63) is 39.4 Å². The van der Waals surface area contributed by atoms with Gasteiger partial charge in [0.2, 0.25) is 11.8 Å². The summed E-state index contributed by atoms with van der Waals surface area (Å²) in [6.45, 7) is 0.0721. The minimum atomic E-state index is -0.762. The van der Waals surface area contributed by atoms with E-state index >= 15 is 0 Å². The Morgan fingerprint density at radius 1 is 1.11 bits per heavy atom. The second-order valence-electron chi connectivity index (χ2n) is 5.63. The van der Waals surface area contributed by atoms with Crippen LogP contribution in [0.1, 0.15) is 27.1 Å². The van der Waals surface area contributed by atoms with Crippen LogP contribution in [0.4, 0.5) is 5.69 Å². The van der Waals surface area contributed by atoms with Crippen molar-refractivity contribution in [3.63, 3.8) is 0 Å². The molecule has 0 saturated heterocycles. The third kappa shape index (κ3) is 4.85. The Labute approximate surface area is 153 Å². The molecule has 1 aliphatic rings. The molecule has 0 aliphatic carbocycles. The molecule has 0 atom stereocenters. The van der Waals surface area contributed by atoms with Crippen LogP contribution in [0.25, 0.3) is 0 Å². The van der Waals surface area contributed by atoms with E-state index in [9.17, 15) is 29.3 Å². The number of amides is 4. The van der Waals surface area contributed by atoms with E-state index in [1.165, 1.54) is 13.2 Å². The van der Waals surface area contributed by atoms with Crippen molar-refractivity contribution in [2.75, 3.05) is 33.4 Å². The highest BCUT2D eigenvalue weighted by atomic mass is 16.6. The molecule has 11 nitrogen and oxygen atoms in total. The molecular formula is C16H18N4O7. The monoisotopic (exact) mass is 378 g/mol. The van der Waals surface area contributed by atoms with Crippen molar-refractivity contribution in [3.8, 4) is 0 Å². The summed E-state index contributed by atoms with van der Waals surface area (Å²) in [6.07, 6.45) is 0.200. The van der Waals surface area contributed by atoms with Gasteiger partial charge in [-0.3, -0.25) is 34.2 Å². The van der Waals surface area contributed by atoms with E-state index in [1.807, 2.05) is 0 Å². The Morgan fingerprint density at radius 3 is 2.37 bits per heavy atom. The van der Waals surface area contributed by atoms with Crippen LogP contribution in [0.5, 0.6) is 0 Å². The number of carbonyl (C=O) groups excluding carboxylic acids is 4. The van der Waals surface area contributed by atoms with E-state index in [1.54, 1.807) is 0 Å². The van der Waals surface area contributed by atoms with Gasteiger partial charge < -0.3 is 15.4 Å². The van der Waals surface area contributed by atoms with Crippen molar-refractivity contribution < 1.29 is 28.8 Å². The van der Waals surface area contributed by atoms with Crippen LogP contribution < -0.4 is 10.6 Å². The normalized spacial score (nSPS) is 12.7. The highest BCUT2D eigenvalue weighted by Gasteiger charge is 2.37. The molecule has 11 heteroatoms. The molecule has 1 aromatic carbocycles. The largest absolute Gasteiger partial charge is 0.384 e. The first-order chi connectivity index (χ1) is 12.8. The number of hydrogen-bond donors (Lipinski definition) is 2. The van der Waals surface area contributed by atoms with Crippen molar-refractivity contribution in [2.24, 2.45) is 0 Å². The number of imide groups is 1. The fraction of sp³-hybridized carbons (Fsp3) is 0.375. The summed E-state index contributed by atoms with van der Waals surface area (Å²) in [4.78, 5) is 58.6. The number of hydrogen-bond acceptors (Lipinski definition) is 7. The molecule has 4 amide bonds. The molecule has 144 valence electrons. The highest BCUT2D eigenvalue weighted by molar-refractivity contribution is 6.22. The van der Waals surface area contributed by atoms with Gasteiger partial charge in [0, 0.05) is 38.8 Å². The van der Waals surface area contributed by atoms with E-state index in [2.05, 4.69) is 10.6 Å². The standard InChI is InChI=1S/C16H18N4O7/c1-27-7-4-13(21)17-5-6-18-14(22)9-19-15(23)11-3-2-10(20(25)26)8-12(11)16(19)24/h2-3,8H,4-7,9H2,1H3,(H,17,21)(H,18,22). The second kappa shape index (κ2) is 8.85. The third-order valence-electron chi connectivity index (χ3n) is 3.77. The average Bonchev–Trinajstić information content (AvgIpc) is 2.88. The van der Waals surface area contributed by atoms with Gasteiger partial charge in [-0.15, -0.1) is 0 Å². The number of nitrogens with zero attached hydrogens (tertiary/aromatic N) is 2. The number of non-ortho nitro benzene ring substituents is 1. The second-order valence-corrected chi connectivity index (χ2v) is 5.63. The summed E-state index contributed by atoms with van der Waals surface area (Å²) in [5.41, 5.74) is -0.401. The zero-order chi connectivity index (χ0) is 20.0. The number of ether oxygens (including phenoxy) is 1. The topological polar surface area (TPSA) is 148 Å². The lowest BCUT2D eigenvalue weighted by molar-refractivity contribution is -0.384. The van der Waals surface area contributed by atoms with E-state index in [0.29, 0.717) is 0 Å². The minimum absolute atomic E-state index is 0.0174. The molecule has 27 heavy (non-hydrogen) atoms. The number of methoxy groups -OCH3 is 1. The van der Waals surface area contributed by atoms with Crippen molar-refractivity contribution in [1.82, 2.24) is 15.5 Å². The van der Waals surface area contributed by atoms with Crippen molar-refractivity contribution in [2.45, 2.75) is 6.42 Å². The fourth-order valence-corrected chi connectivity index (χ4v) is 2.42. The zero-order valence-corrected chi connectivity index (χ0v) is 14.5. The number of fused-ring (bicyclic) bond motifs is 1. The van der Waals surface area contributed by atoms with Gasteiger partial charge in [-0.1, -0.05) is 0 Å². The lowest BCUT2D eigenvalue weighted by Crippen LogP contribution is -2.42. The van der Waals surface area contributed by atoms with Gasteiger partial charge in [0.1, 0.15) is 6.54 Å². The van der Waals surface area contributed by atoms with Crippen LogP contribution >= 0.6 is 0 Å². The molecule has 1 heterocycles. The first kappa shape index (κ1) is 20.0. The lowest BCUT2D eigenvalue weighted by atomic mass is 10.1. The van der Waals surface area contributed by atoms with Gasteiger partial charge in [-0.25, -0.2) is 0 Å². The summed E-state index contributed by atoms with van der Waals surface area (Å²) in [5.74, 6) is -2.27. The molecule has 1 aliphatic heterocycles. The zero-order valence-electron chi connectivity index (χ0n) is 14.5.